The minimum absolute atomic E-state index is 0.0102. The van der Waals surface area contributed by atoms with E-state index in [1.165, 1.54) is 0 Å². The van der Waals surface area contributed by atoms with Crippen molar-refractivity contribution in [1.29, 1.82) is 0 Å². The maximum absolute atomic E-state index is 12.5. The first-order chi connectivity index (χ1) is 11.5. The number of thiophene rings is 1. The van der Waals surface area contributed by atoms with Crippen molar-refractivity contribution in [2.45, 2.75) is 32.6 Å². The topological polar surface area (TPSA) is 45.7 Å². The Balaban J connectivity index is 1.66. The molecule has 24 heavy (non-hydrogen) atoms. The largest absolute Gasteiger partial charge is 0.372 e. The van der Waals surface area contributed by atoms with Crippen LogP contribution in [-0.2, 0) is 11.3 Å². The molecule has 1 saturated heterocycles. The van der Waals surface area contributed by atoms with Crippen molar-refractivity contribution < 1.29 is 9.53 Å². The van der Waals surface area contributed by atoms with Crippen molar-refractivity contribution in [3.8, 4) is 0 Å². The molecular formula is C18H23N3O2S. The van der Waals surface area contributed by atoms with Gasteiger partial charge in [-0.3, -0.25) is 4.79 Å². The van der Waals surface area contributed by atoms with Gasteiger partial charge in [0.05, 0.1) is 17.8 Å². The number of amides is 1. The van der Waals surface area contributed by atoms with Gasteiger partial charge in [-0.2, -0.15) is 11.3 Å². The number of pyridine rings is 1. The van der Waals surface area contributed by atoms with Crippen LogP contribution in [0.3, 0.4) is 0 Å². The summed E-state index contributed by atoms with van der Waals surface area (Å²) in [6.07, 6.45) is 2.05. The summed E-state index contributed by atoms with van der Waals surface area (Å²) < 4.78 is 5.75. The standard InChI is InChI=1S/C18H23N3O2S/c1-13-9-21(10-14(2)23-13)17-5-4-16(8-19-17)18(22)20(3)11-15-6-7-24-12-15/h4-8,12-14H,9-11H2,1-3H3/t13-,14-/m1/s1. The molecule has 0 radical (unpaired) electrons. The molecule has 0 spiro atoms. The summed E-state index contributed by atoms with van der Waals surface area (Å²) in [4.78, 5) is 20.9. The molecule has 5 nitrogen and oxygen atoms in total. The van der Waals surface area contributed by atoms with Crippen LogP contribution in [0.5, 0.6) is 0 Å². The van der Waals surface area contributed by atoms with Crippen molar-refractivity contribution >= 4 is 23.1 Å². The molecule has 0 N–H and O–H groups in total. The van der Waals surface area contributed by atoms with Crippen molar-refractivity contribution in [3.63, 3.8) is 0 Å². The van der Waals surface area contributed by atoms with Gasteiger partial charge in [-0.25, -0.2) is 4.98 Å². The van der Waals surface area contributed by atoms with Gasteiger partial charge in [0.2, 0.25) is 0 Å². The maximum Gasteiger partial charge on any atom is 0.255 e. The van der Waals surface area contributed by atoms with Crippen molar-refractivity contribution in [2.75, 3.05) is 25.0 Å². The highest BCUT2D eigenvalue weighted by Gasteiger charge is 2.23. The Morgan fingerprint density at radius 2 is 2.08 bits per heavy atom. The number of carbonyl (C=O) groups is 1. The monoisotopic (exact) mass is 345 g/mol. The lowest BCUT2D eigenvalue weighted by atomic mass is 10.2. The number of hydrogen-bond donors (Lipinski definition) is 0. The minimum Gasteiger partial charge on any atom is -0.372 e. The molecule has 2 aromatic heterocycles. The number of rotatable bonds is 4. The zero-order chi connectivity index (χ0) is 17.1. The predicted molar refractivity (Wildman–Crippen MR) is 96.6 cm³/mol. The van der Waals surface area contributed by atoms with Crippen LogP contribution in [0.2, 0.25) is 0 Å². The first kappa shape index (κ1) is 16.9. The van der Waals surface area contributed by atoms with Gasteiger partial charge in [0.1, 0.15) is 5.82 Å². The summed E-state index contributed by atoms with van der Waals surface area (Å²) in [6.45, 7) is 6.40. The second-order valence-corrected chi connectivity index (χ2v) is 7.14. The number of ether oxygens (including phenoxy) is 1. The number of anilines is 1. The van der Waals surface area contributed by atoms with Gasteiger partial charge < -0.3 is 14.5 Å². The Hall–Kier alpha value is -1.92. The average Bonchev–Trinajstić information content (AvgIpc) is 3.06. The zero-order valence-electron chi connectivity index (χ0n) is 14.3. The fraction of sp³-hybridized carbons (Fsp3) is 0.444. The van der Waals surface area contributed by atoms with Gasteiger partial charge in [0.15, 0.2) is 0 Å². The molecule has 128 valence electrons. The van der Waals surface area contributed by atoms with E-state index in [0.29, 0.717) is 12.1 Å². The fourth-order valence-corrected chi connectivity index (χ4v) is 3.67. The minimum atomic E-state index is -0.0102. The number of nitrogens with zero attached hydrogens (tertiary/aromatic N) is 3. The van der Waals surface area contributed by atoms with E-state index in [1.54, 1.807) is 22.4 Å². The van der Waals surface area contributed by atoms with Crippen LogP contribution in [0.4, 0.5) is 5.82 Å². The Labute approximate surface area is 146 Å². The van der Waals surface area contributed by atoms with Gasteiger partial charge >= 0.3 is 0 Å². The van der Waals surface area contributed by atoms with Crippen molar-refractivity contribution in [3.05, 3.63) is 46.3 Å². The van der Waals surface area contributed by atoms with Crippen molar-refractivity contribution in [1.82, 2.24) is 9.88 Å². The molecule has 0 saturated carbocycles. The van der Waals surface area contributed by atoms with Crippen LogP contribution in [0.15, 0.2) is 35.2 Å². The lowest BCUT2D eigenvalue weighted by molar-refractivity contribution is -0.00546. The highest BCUT2D eigenvalue weighted by molar-refractivity contribution is 7.07. The molecule has 6 heteroatoms. The van der Waals surface area contributed by atoms with Crippen LogP contribution >= 0.6 is 11.3 Å². The molecule has 1 aliphatic rings. The van der Waals surface area contributed by atoms with Crippen LogP contribution in [0, 0.1) is 0 Å². The van der Waals surface area contributed by atoms with E-state index < -0.39 is 0 Å². The van der Waals surface area contributed by atoms with Gasteiger partial charge in [-0.05, 0) is 48.4 Å². The van der Waals surface area contributed by atoms with Gasteiger partial charge in [0.25, 0.3) is 5.91 Å². The summed E-state index contributed by atoms with van der Waals surface area (Å²) in [7, 11) is 1.82. The van der Waals surface area contributed by atoms with Crippen LogP contribution in [-0.4, -0.2) is 48.1 Å². The molecule has 3 rings (SSSR count). The van der Waals surface area contributed by atoms with Crippen molar-refractivity contribution in [2.24, 2.45) is 0 Å². The quantitative estimate of drug-likeness (QED) is 0.854. The molecule has 0 unspecified atom stereocenters. The summed E-state index contributed by atoms with van der Waals surface area (Å²) in [5, 5.41) is 4.08. The first-order valence-corrected chi connectivity index (χ1v) is 9.10. The Kier molecular flexibility index (Phi) is 5.16. The van der Waals surface area contributed by atoms with Crippen LogP contribution < -0.4 is 4.90 Å². The lowest BCUT2D eigenvalue weighted by Crippen LogP contribution is -2.45. The fourth-order valence-electron chi connectivity index (χ4n) is 3.01. The van der Waals surface area contributed by atoms with E-state index in [2.05, 4.69) is 29.1 Å². The molecule has 1 aliphatic heterocycles. The highest BCUT2D eigenvalue weighted by atomic mass is 32.1. The summed E-state index contributed by atoms with van der Waals surface area (Å²) >= 11 is 1.64. The molecule has 0 aromatic carbocycles. The summed E-state index contributed by atoms with van der Waals surface area (Å²) in [6, 6.07) is 5.83. The second kappa shape index (κ2) is 7.32. The average molecular weight is 345 g/mol. The molecule has 2 atom stereocenters. The third-order valence-electron chi connectivity index (χ3n) is 4.08. The number of hydrogen-bond acceptors (Lipinski definition) is 5. The lowest BCUT2D eigenvalue weighted by Gasteiger charge is -2.36. The van der Waals surface area contributed by atoms with E-state index >= 15 is 0 Å². The number of morpholine rings is 1. The molecule has 0 aliphatic carbocycles. The number of aromatic nitrogens is 1. The second-order valence-electron chi connectivity index (χ2n) is 6.36. The van der Waals surface area contributed by atoms with E-state index in [9.17, 15) is 4.79 Å². The van der Waals surface area contributed by atoms with Crippen LogP contribution in [0.1, 0.15) is 29.8 Å². The Morgan fingerprint density at radius 1 is 1.33 bits per heavy atom. The Bertz CT molecular complexity index is 662. The van der Waals surface area contributed by atoms with E-state index in [0.717, 1.165) is 24.5 Å². The van der Waals surface area contributed by atoms with Gasteiger partial charge in [0, 0.05) is 32.9 Å². The third-order valence-corrected chi connectivity index (χ3v) is 4.82. The molecular weight excluding hydrogens is 322 g/mol. The van der Waals surface area contributed by atoms with E-state index in [-0.39, 0.29) is 18.1 Å². The molecule has 1 amide bonds. The molecule has 3 heterocycles. The smallest absolute Gasteiger partial charge is 0.255 e. The predicted octanol–water partition coefficient (Wildman–Crippen LogP) is 3.03. The molecule has 0 bridgehead atoms. The SMILES string of the molecule is C[C@@H]1CN(c2ccc(C(=O)N(C)Cc3ccsc3)cn2)C[C@@H](C)O1. The van der Waals surface area contributed by atoms with Crippen LogP contribution in [0.25, 0.3) is 0 Å². The van der Waals surface area contributed by atoms with Gasteiger partial charge in [-0.15, -0.1) is 0 Å². The number of carbonyl (C=O) groups excluding carboxylic acids is 1. The first-order valence-electron chi connectivity index (χ1n) is 8.16. The third kappa shape index (κ3) is 3.94. The maximum atomic E-state index is 12.5. The Morgan fingerprint density at radius 3 is 2.67 bits per heavy atom. The molecule has 2 aromatic rings. The zero-order valence-corrected chi connectivity index (χ0v) is 15.1. The van der Waals surface area contributed by atoms with E-state index in [1.807, 2.05) is 30.6 Å². The molecule has 1 fully saturated rings. The highest BCUT2D eigenvalue weighted by Crippen LogP contribution is 2.19. The van der Waals surface area contributed by atoms with Gasteiger partial charge in [-0.1, -0.05) is 0 Å². The summed E-state index contributed by atoms with van der Waals surface area (Å²) in [5.74, 6) is 0.887. The van der Waals surface area contributed by atoms with E-state index in [4.69, 9.17) is 4.74 Å². The summed E-state index contributed by atoms with van der Waals surface area (Å²) in [5.41, 5.74) is 1.77. The normalized spacial score (nSPS) is 20.9.